The lowest BCUT2D eigenvalue weighted by Gasteiger charge is -2.21. The van der Waals surface area contributed by atoms with Gasteiger partial charge in [-0.3, -0.25) is 15.1 Å². The molecule has 0 saturated heterocycles. The first-order chi connectivity index (χ1) is 24.9. The van der Waals surface area contributed by atoms with Gasteiger partial charge in [-0.15, -0.1) is 0 Å². The Balaban J connectivity index is 1.47. The Kier molecular flexibility index (Phi) is 11.3. The number of halogens is 3. The normalized spacial score (nSPS) is 16.4. The van der Waals surface area contributed by atoms with Gasteiger partial charge in [0.05, 0.1) is 41.4 Å². The van der Waals surface area contributed by atoms with Gasteiger partial charge in [-0.1, -0.05) is 38.2 Å². The molecule has 2 amide bonds. The van der Waals surface area contributed by atoms with Crippen molar-refractivity contribution in [2.45, 2.75) is 89.4 Å². The van der Waals surface area contributed by atoms with Crippen molar-refractivity contribution in [3.63, 3.8) is 0 Å². The summed E-state index contributed by atoms with van der Waals surface area (Å²) in [5.74, 6) is -0.488. The van der Waals surface area contributed by atoms with Crippen molar-refractivity contribution >= 4 is 31.4 Å². The lowest BCUT2D eigenvalue weighted by Crippen LogP contribution is -2.22. The predicted octanol–water partition coefficient (Wildman–Crippen LogP) is 9.36. The molecule has 1 fully saturated rings. The highest BCUT2D eigenvalue weighted by atomic mass is 28.3. The first-order valence-corrected chi connectivity index (χ1v) is 21.3. The zero-order valence-electron chi connectivity index (χ0n) is 29.8. The van der Waals surface area contributed by atoms with Crippen LogP contribution in [0.15, 0.2) is 54.7 Å². The summed E-state index contributed by atoms with van der Waals surface area (Å²) in [6.45, 7) is 4.67. The molecule has 52 heavy (non-hydrogen) atoms. The number of aromatic nitrogens is 3. The van der Waals surface area contributed by atoms with E-state index < -0.39 is 26.6 Å². The molecule has 4 aromatic rings. The Morgan fingerprint density at radius 3 is 2.60 bits per heavy atom. The molecular formula is C38H44F3N5O5Si. The number of nitrogens with one attached hydrogen (secondary N) is 2. The minimum atomic E-state index is -3.12. The molecule has 1 unspecified atom stereocenters. The number of rotatable bonds is 11. The first-order valence-electron chi connectivity index (χ1n) is 17.6. The smallest absolute Gasteiger partial charge is 0.411 e. The van der Waals surface area contributed by atoms with Crippen LogP contribution in [0.2, 0.25) is 25.7 Å². The van der Waals surface area contributed by atoms with Gasteiger partial charge >= 0.3 is 12.7 Å². The Morgan fingerprint density at radius 2 is 1.90 bits per heavy atom. The number of carbonyl (C=O) groups is 2. The van der Waals surface area contributed by atoms with Crippen LogP contribution < -0.4 is 15.4 Å². The van der Waals surface area contributed by atoms with Gasteiger partial charge in [0.25, 0.3) is 0 Å². The SMILES string of the molecule is COC(=O)Nc1ccc2c(c1)NC(=O)CCCCC(c1ccc(-c3c(F)cccc3OC(F)F)cn1)c1nc-2c(C2CC2)n1COCC[Si](C)(C)C. The van der Waals surface area contributed by atoms with Crippen LogP contribution in [0.25, 0.3) is 22.4 Å². The monoisotopic (exact) mass is 735 g/mol. The van der Waals surface area contributed by atoms with E-state index in [1.807, 2.05) is 6.07 Å². The minimum Gasteiger partial charge on any atom is -0.453 e. The second-order valence-corrected chi connectivity index (χ2v) is 20.1. The maximum absolute atomic E-state index is 15.0. The zero-order valence-corrected chi connectivity index (χ0v) is 30.8. The van der Waals surface area contributed by atoms with Crippen molar-refractivity contribution in [3.8, 4) is 28.1 Å². The molecule has 6 rings (SSSR count). The molecule has 2 aromatic heterocycles. The second-order valence-electron chi connectivity index (χ2n) is 14.4. The summed E-state index contributed by atoms with van der Waals surface area (Å²) in [4.78, 5) is 35.4. The van der Waals surface area contributed by atoms with Gasteiger partial charge in [-0.05, 0) is 68.1 Å². The number of fused-ring (bicyclic) bond motifs is 4. The van der Waals surface area contributed by atoms with E-state index in [2.05, 4.69) is 39.6 Å². The van der Waals surface area contributed by atoms with Crippen molar-refractivity contribution in [2.75, 3.05) is 24.4 Å². The van der Waals surface area contributed by atoms with Crippen LogP contribution in [0.4, 0.5) is 29.3 Å². The number of methoxy groups -OCH3 is 1. The number of hydrogen-bond acceptors (Lipinski definition) is 7. The fourth-order valence-electron chi connectivity index (χ4n) is 6.48. The molecular weight excluding hydrogens is 692 g/mol. The third-order valence-electron chi connectivity index (χ3n) is 9.28. The van der Waals surface area contributed by atoms with Gasteiger partial charge < -0.3 is 24.1 Å². The van der Waals surface area contributed by atoms with E-state index in [4.69, 9.17) is 19.4 Å². The fraction of sp³-hybridized carbons (Fsp3) is 0.421. The van der Waals surface area contributed by atoms with E-state index in [0.717, 1.165) is 30.4 Å². The highest BCUT2D eigenvalue weighted by Crippen LogP contribution is 2.48. The predicted molar refractivity (Wildman–Crippen MR) is 195 cm³/mol. The van der Waals surface area contributed by atoms with E-state index in [-0.39, 0.29) is 42.2 Å². The van der Waals surface area contributed by atoms with Crippen LogP contribution in [-0.4, -0.2) is 54.9 Å². The van der Waals surface area contributed by atoms with Crippen molar-refractivity contribution in [2.24, 2.45) is 0 Å². The number of pyridine rings is 1. The summed E-state index contributed by atoms with van der Waals surface area (Å²) in [6.07, 6.45) is 4.95. The van der Waals surface area contributed by atoms with Crippen molar-refractivity contribution in [1.82, 2.24) is 14.5 Å². The Labute approximate surface area is 302 Å². The summed E-state index contributed by atoms with van der Waals surface area (Å²) >= 11 is 0. The van der Waals surface area contributed by atoms with Crippen LogP contribution in [0.3, 0.4) is 0 Å². The van der Waals surface area contributed by atoms with Gasteiger partial charge in [-0.25, -0.2) is 14.2 Å². The lowest BCUT2D eigenvalue weighted by molar-refractivity contribution is -0.116. The van der Waals surface area contributed by atoms with E-state index in [9.17, 15) is 18.4 Å². The fourth-order valence-corrected chi connectivity index (χ4v) is 7.24. The molecule has 2 N–H and O–H groups in total. The van der Waals surface area contributed by atoms with E-state index in [1.54, 1.807) is 24.3 Å². The molecule has 0 radical (unpaired) electrons. The van der Waals surface area contributed by atoms with Crippen LogP contribution in [0, 0.1) is 5.82 Å². The van der Waals surface area contributed by atoms with Crippen molar-refractivity contribution in [1.29, 1.82) is 0 Å². The molecule has 2 aliphatic rings. The molecule has 10 nitrogen and oxygen atoms in total. The summed E-state index contributed by atoms with van der Waals surface area (Å²) in [7, 11) is -0.0883. The summed E-state index contributed by atoms with van der Waals surface area (Å²) < 4.78 is 59.4. The molecule has 0 spiro atoms. The molecule has 1 aliphatic carbocycles. The number of carbonyl (C=O) groups excluding carboxylic acids is 2. The van der Waals surface area contributed by atoms with Gasteiger partial charge in [0.1, 0.15) is 24.1 Å². The third-order valence-corrected chi connectivity index (χ3v) is 11.0. The Bertz CT molecular complexity index is 1910. The number of nitrogens with zero attached hydrogens (tertiary/aromatic N) is 3. The van der Waals surface area contributed by atoms with Gasteiger partial charge in [0, 0.05) is 50.0 Å². The van der Waals surface area contributed by atoms with Crippen LogP contribution in [0.5, 0.6) is 5.75 Å². The topological polar surface area (TPSA) is 117 Å². The lowest BCUT2D eigenvalue weighted by atomic mass is 9.95. The summed E-state index contributed by atoms with van der Waals surface area (Å²) in [5.41, 5.74) is 4.27. The van der Waals surface area contributed by atoms with E-state index in [1.165, 1.54) is 31.5 Å². The third kappa shape index (κ3) is 8.84. The largest absolute Gasteiger partial charge is 0.453 e. The summed E-state index contributed by atoms with van der Waals surface area (Å²) in [5, 5.41) is 5.74. The average Bonchev–Trinajstić information content (AvgIpc) is 3.86. The number of ether oxygens (including phenoxy) is 3. The molecule has 2 aromatic carbocycles. The first kappa shape index (κ1) is 37.1. The maximum atomic E-state index is 15.0. The minimum absolute atomic E-state index is 0.0974. The number of amides is 2. The van der Waals surface area contributed by atoms with Crippen LogP contribution >= 0.6 is 0 Å². The highest BCUT2D eigenvalue weighted by Gasteiger charge is 2.36. The molecule has 276 valence electrons. The number of benzene rings is 2. The van der Waals surface area contributed by atoms with Gasteiger partial charge in [0.15, 0.2) is 0 Å². The zero-order chi connectivity index (χ0) is 37.0. The quantitative estimate of drug-likeness (QED) is 0.117. The molecule has 3 heterocycles. The van der Waals surface area contributed by atoms with Gasteiger partial charge in [0.2, 0.25) is 5.91 Å². The molecule has 1 atom stereocenters. The molecule has 1 saturated carbocycles. The number of imidazole rings is 1. The van der Waals surface area contributed by atoms with Crippen molar-refractivity contribution in [3.05, 3.63) is 77.8 Å². The maximum Gasteiger partial charge on any atom is 0.411 e. The van der Waals surface area contributed by atoms with Crippen LogP contribution in [0.1, 0.15) is 67.6 Å². The molecule has 2 bridgehead atoms. The van der Waals surface area contributed by atoms with E-state index >= 15 is 4.39 Å². The second kappa shape index (κ2) is 15.9. The van der Waals surface area contributed by atoms with Crippen molar-refractivity contribution < 1.29 is 37.0 Å². The standard InChI is InChI=1S/C38H44F3N5O5Si/c1-49-38(48)43-25-15-16-26-30(20-25)44-32(47)11-6-5-8-27(29-17-14-24(21-42-29)33-28(39)9-7-10-31(33)51-37(40)41)36-45-34(26)35(23-12-13-23)46(36)22-50-18-19-52(2,3)4/h7,9-10,14-17,20-21,23,27,37H,5-6,8,11-13,18-19,22H2,1-4H3,(H,43,48)(H,44,47). The number of hydrogen-bond donors (Lipinski definition) is 2. The highest BCUT2D eigenvalue weighted by molar-refractivity contribution is 6.76. The van der Waals surface area contributed by atoms with E-state index in [0.29, 0.717) is 59.8 Å². The molecule has 14 heteroatoms. The Hall–Kier alpha value is -4.69. The Morgan fingerprint density at radius 1 is 1.10 bits per heavy atom. The summed E-state index contributed by atoms with van der Waals surface area (Å²) in [6, 6.07) is 13.5. The average molecular weight is 736 g/mol. The number of alkyl halides is 2. The number of anilines is 2. The van der Waals surface area contributed by atoms with Gasteiger partial charge in [-0.2, -0.15) is 8.78 Å². The van der Waals surface area contributed by atoms with Crippen LogP contribution in [-0.2, 0) is 21.0 Å². The molecule has 1 aliphatic heterocycles.